The highest BCUT2D eigenvalue weighted by atomic mass is 19.4. The van der Waals surface area contributed by atoms with Crippen LogP contribution in [-0.2, 0) is 10.9 Å². The highest BCUT2D eigenvalue weighted by molar-refractivity contribution is 6.04. The van der Waals surface area contributed by atoms with Crippen molar-refractivity contribution < 1.29 is 27.8 Å². The van der Waals surface area contributed by atoms with E-state index in [9.17, 15) is 23.1 Å². The number of alkyl halides is 3. The van der Waals surface area contributed by atoms with Crippen molar-refractivity contribution in [2.24, 2.45) is 5.92 Å². The Kier molecular flexibility index (Phi) is 9.47. The van der Waals surface area contributed by atoms with Gasteiger partial charge in [-0.25, -0.2) is 4.98 Å². The van der Waals surface area contributed by atoms with E-state index in [0.717, 1.165) is 50.6 Å². The van der Waals surface area contributed by atoms with Gasteiger partial charge in [0, 0.05) is 38.3 Å². The third-order valence-electron chi connectivity index (χ3n) is 5.60. The summed E-state index contributed by atoms with van der Waals surface area (Å²) in [5.41, 5.74) is -0.546. The standard InChI is InChI=1S/C25H33F3N4O3/c1-18(2)16-35-17-22(33)15-31-9-4-10-32(12-11-31)23-8-7-21(14-29-23)30-24(34)19-5-3-6-20(13-19)25(26,27)28/h3,5-8,13-14,18,22,33H,4,9-12,15-17H2,1-2H3,(H,30,34)/t22-/m1/s1. The number of amides is 1. The molecular weight excluding hydrogens is 461 g/mol. The van der Waals surface area contributed by atoms with Crippen molar-refractivity contribution in [3.8, 4) is 0 Å². The normalized spacial score (nSPS) is 16.3. The Labute approximate surface area is 203 Å². The summed E-state index contributed by atoms with van der Waals surface area (Å²) in [6.07, 6.45) is -2.63. The molecule has 0 aliphatic carbocycles. The zero-order valence-corrected chi connectivity index (χ0v) is 20.1. The van der Waals surface area contributed by atoms with Gasteiger partial charge in [-0.1, -0.05) is 19.9 Å². The van der Waals surface area contributed by atoms with Crippen LogP contribution < -0.4 is 10.2 Å². The van der Waals surface area contributed by atoms with E-state index in [1.165, 1.54) is 18.3 Å². The minimum Gasteiger partial charge on any atom is -0.389 e. The van der Waals surface area contributed by atoms with Crippen LogP contribution in [0.3, 0.4) is 0 Å². The largest absolute Gasteiger partial charge is 0.416 e. The van der Waals surface area contributed by atoms with Crippen LogP contribution >= 0.6 is 0 Å². The minimum atomic E-state index is -4.51. The summed E-state index contributed by atoms with van der Waals surface area (Å²) in [5.74, 6) is 0.554. The number of halogens is 3. The molecule has 192 valence electrons. The lowest BCUT2D eigenvalue weighted by Crippen LogP contribution is -2.38. The fourth-order valence-electron chi connectivity index (χ4n) is 3.86. The monoisotopic (exact) mass is 494 g/mol. The van der Waals surface area contributed by atoms with Gasteiger partial charge in [-0.3, -0.25) is 9.69 Å². The molecule has 35 heavy (non-hydrogen) atoms. The summed E-state index contributed by atoms with van der Waals surface area (Å²) in [5, 5.41) is 12.8. The smallest absolute Gasteiger partial charge is 0.389 e. The Bertz CT molecular complexity index is 954. The van der Waals surface area contributed by atoms with Gasteiger partial charge in [-0.05, 0) is 49.2 Å². The first-order valence-electron chi connectivity index (χ1n) is 11.8. The number of aromatic nitrogens is 1. The molecule has 2 heterocycles. The maximum atomic E-state index is 12.9. The van der Waals surface area contributed by atoms with Crippen molar-refractivity contribution in [3.63, 3.8) is 0 Å². The highest BCUT2D eigenvalue weighted by Crippen LogP contribution is 2.29. The Morgan fingerprint density at radius 2 is 1.94 bits per heavy atom. The van der Waals surface area contributed by atoms with Crippen molar-refractivity contribution in [2.75, 3.05) is 56.2 Å². The molecule has 7 nitrogen and oxygen atoms in total. The number of carbonyl (C=O) groups excluding carboxylic acids is 1. The van der Waals surface area contributed by atoms with Gasteiger partial charge in [0.15, 0.2) is 0 Å². The van der Waals surface area contributed by atoms with Crippen LogP contribution in [-0.4, -0.2) is 72.9 Å². The van der Waals surface area contributed by atoms with Crippen molar-refractivity contribution in [2.45, 2.75) is 32.5 Å². The van der Waals surface area contributed by atoms with Crippen LogP contribution in [0.15, 0.2) is 42.6 Å². The fourth-order valence-corrected chi connectivity index (χ4v) is 3.86. The number of pyridine rings is 1. The van der Waals surface area contributed by atoms with Gasteiger partial charge in [0.1, 0.15) is 5.82 Å². The van der Waals surface area contributed by atoms with Gasteiger partial charge in [0.25, 0.3) is 5.91 Å². The number of aliphatic hydroxyl groups is 1. The number of anilines is 2. The predicted octanol–water partition coefficient (Wildman–Crippen LogP) is 3.90. The average Bonchev–Trinajstić information content (AvgIpc) is 3.04. The number of carbonyl (C=O) groups is 1. The summed E-state index contributed by atoms with van der Waals surface area (Å²) < 4.78 is 44.2. The number of benzene rings is 1. The van der Waals surface area contributed by atoms with Crippen LogP contribution in [0.4, 0.5) is 24.7 Å². The maximum absolute atomic E-state index is 12.9. The lowest BCUT2D eigenvalue weighted by atomic mass is 10.1. The molecule has 1 aromatic heterocycles. The number of nitrogens with one attached hydrogen (secondary N) is 1. The van der Waals surface area contributed by atoms with Crippen molar-refractivity contribution in [1.29, 1.82) is 0 Å². The van der Waals surface area contributed by atoms with Crippen LogP contribution in [0.1, 0.15) is 36.2 Å². The zero-order valence-electron chi connectivity index (χ0n) is 20.1. The molecule has 10 heteroatoms. The van der Waals surface area contributed by atoms with E-state index in [-0.39, 0.29) is 5.56 Å². The molecule has 1 atom stereocenters. The number of rotatable bonds is 9. The number of β-amino-alcohol motifs (C(OH)–C–C–N with tert-alkyl or cyclic N) is 1. The summed E-state index contributed by atoms with van der Waals surface area (Å²) in [6.45, 7) is 8.84. The first kappa shape index (κ1) is 26.9. The van der Waals surface area contributed by atoms with E-state index >= 15 is 0 Å². The molecular formula is C25H33F3N4O3. The molecule has 0 saturated carbocycles. The van der Waals surface area contributed by atoms with Gasteiger partial charge in [0.05, 0.1) is 30.2 Å². The zero-order chi connectivity index (χ0) is 25.4. The number of hydrogen-bond donors (Lipinski definition) is 2. The quantitative estimate of drug-likeness (QED) is 0.551. The van der Waals surface area contributed by atoms with Crippen LogP contribution in [0.5, 0.6) is 0 Å². The lowest BCUT2D eigenvalue weighted by molar-refractivity contribution is -0.137. The molecule has 0 unspecified atom stereocenters. The lowest BCUT2D eigenvalue weighted by Gasteiger charge is -2.24. The van der Waals surface area contributed by atoms with Crippen molar-refractivity contribution in [3.05, 3.63) is 53.7 Å². The fraction of sp³-hybridized carbons (Fsp3) is 0.520. The molecule has 1 aliphatic heterocycles. The van der Waals surface area contributed by atoms with E-state index in [1.54, 1.807) is 12.1 Å². The molecule has 1 fully saturated rings. The second-order valence-electron chi connectivity index (χ2n) is 9.16. The minimum absolute atomic E-state index is 0.0756. The van der Waals surface area contributed by atoms with Gasteiger partial charge in [-0.15, -0.1) is 0 Å². The summed E-state index contributed by atoms with van der Waals surface area (Å²) in [6, 6.07) is 7.77. The second-order valence-corrected chi connectivity index (χ2v) is 9.16. The Balaban J connectivity index is 1.51. The first-order valence-corrected chi connectivity index (χ1v) is 11.8. The van der Waals surface area contributed by atoms with Gasteiger partial charge in [0.2, 0.25) is 0 Å². The third kappa shape index (κ3) is 8.48. The average molecular weight is 495 g/mol. The molecule has 0 radical (unpaired) electrons. The Hall–Kier alpha value is -2.69. The molecule has 2 N–H and O–H groups in total. The predicted molar refractivity (Wildman–Crippen MR) is 129 cm³/mol. The SMILES string of the molecule is CC(C)COC[C@H](O)CN1CCCN(c2ccc(NC(=O)c3cccc(C(F)(F)F)c3)cn2)CC1. The van der Waals surface area contributed by atoms with E-state index < -0.39 is 23.8 Å². The molecule has 0 spiro atoms. The molecule has 1 saturated heterocycles. The van der Waals surface area contributed by atoms with E-state index in [2.05, 4.69) is 33.9 Å². The van der Waals surface area contributed by atoms with Crippen LogP contribution in [0.25, 0.3) is 0 Å². The molecule has 1 aromatic carbocycles. The van der Waals surface area contributed by atoms with Crippen LogP contribution in [0.2, 0.25) is 0 Å². The van der Waals surface area contributed by atoms with E-state index in [1.807, 2.05) is 0 Å². The summed E-state index contributed by atoms with van der Waals surface area (Å²) in [7, 11) is 0. The second kappa shape index (κ2) is 12.3. The Morgan fingerprint density at radius 3 is 2.63 bits per heavy atom. The number of aliphatic hydroxyl groups excluding tert-OH is 1. The third-order valence-corrected chi connectivity index (χ3v) is 5.60. The van der Waals surface area contributed by atoms with E-state index in [0.29, 0.717) is 31.4 Å². The number of ether oxygens (including phenoxy) is 1. The summed E-state index contributed by atoms with van der Waals surface area (Å²) in [4.78, 5) is 21.2. The van der Waals surface area contributed by atoms with E-state index in [4.69, 9.17) is 4.74 Å². The number of hydrogen-bond acceptors (Lipinski definition) is 6. The molecule has 2 aromatic rings. The maximum Gasteiger partial charge on any atom is 0.416 e. The van der Waals surface area contributed by atoms with Gasteiger partial charge in [-0.2, -0.15) is 13.2 Å². The van der Waals surface area contributed by atoms with Gasteiger partial charge < -0.3 is 20.1 Å². The molecule has 3 rings (SSSR count). The highest BCUT2D eigenvalue weighted by Gasteiger charge is 2.31. The van der Waals surface area contributed by atoms with Crippen LogP contribution in [0, 0.1) is 5.92 Å². The van der Waals surface area contributed by atoms with Crippen molar-refractivity contribution in [1.82, 2.24) is 9.88 Å². The molecule has 1 amide bonds. The number of nitrogens with zero attached hydrogens (tertiary/aromatic N) is 3. The topological polar surface area (TPSA) is 77.9 Å². The van der Waals surface area contributed by atoms with Gasteiger partial charge >= 0.3 is 6.18 Å². The summed E-state index contributed by atoms with van der Waals surface area (Å²) >= 11 is 0. The first-order chi connectivity index (χ1) is 16.6. The van der Waals surface area contributed by atoms with Crippen molar-refractivity contribution >= 4 is 17.4 Å². The molecule has 1 aliphatic rings. The molecule has 0 bridgehead atoms. The Morgan fingerprint density at radius 1 is 1.14 bits per heavy atom.